The van der Waals surface area contributed by atoms with Crippen LogP contribution in [0.15, 0.2) is 18.2 Å². The van der Waals surface area contributed by atoms with Crippen LogP contribution in [0, 0.1) is 0 Å². The first kappa shape index (κ1) is 10.6. The monoisotopic (exact) mass is 218 g/mol. The molecule has 5 nitrogen and oxygen atoms in total. The number of rotatable bonds is 3. The largest absolute Gasteiger partial charge is 0.496 e. The van der Waals surface area contributed by atoms with E-state index in [1.54, 1.807) is 7.11 Å². The molecule has 0 aliphatic rings. The SMILES string of the molecule is COc1ccc(-c2nn[nH]n2)cc1C(C)C. The molecule has 1 heterocycles. The summed E-state index contributed by atoms with van der Waals surface area (Å²) in [5.41, 5.74) is 2.09. The zero-order valence-electron chi connectivity index (χ0n) is 9.56. The van der Waals surface area contributed by atoms with E-state index in [2.05, 4.69) is 34.5 Å². The molecule has 0 saturated heterocycles. The molecule has 2 rings (SSSR count). The van der Waals surface area contributed by atoms with Gasteiger partial charge in [-0.25, -0.2) is 0 Å². The van der Waals surface area contributed by atoms with E-state index >= 15 is 0 Å². The fourth-order valence-corrected chi connectivity index (χ4v) is 1.61. The molecular formula is C11H14N4O. The molecule has 0 saturated carbocycles. The number of hydrogen-bond donors (Lipinski definition) is 1. The van der Waals surface area contributed by atoms with Crippen molar-refractivity contribution in [2.45, 2.75) is 19.8 Å². The van der Waals surface area contributed by atoms with E-state index in [0.717, 1.165) is 16.9 Å². The van der Waals surface area contributed by atoms with Gasteiger partial charge in [0, 0.05) is 5.56 Å². The summed E-state index contributed by atoms with van der Waals surface area (Å²) >= 11 is 0. The second kappa shape index (κ2) is 4.30. The second-order valence-corrected chi connectivity index (χ2v) is 3.85. The highest BCUT2D eigenvalue weighted by atomic mass is 16.5. The number of hydrogen-bond acceptors (Lipinski definition) is 4. The molecule has 5 heteroatoms. The van der Waals surface area contributed by atoms with Gasteiger partial charge in [-0.2, -0.15) is 5.21 Å². The predicted octanol–water partition coefficient (Wildman–Crippen LogP) is 2.00. The van der Waals surface area contributed by atoms with Crippen LogP contribution >= 0.6 is 0 Å². The van der Waals surface area contributed by atoms with E-state index in [4.69, 9.17) is 4.74 Å². The van der Waals surface area contributed by atoms with Gasteiger partial charge in [-0.1, -0.05) is 13.8 Å². The lowest BCUT2D eigenvalue weighted by molar-refractivity contribution is 0.407. The van der Waals surface area contributed by atoms with Gasteiger partial charge in [0.25, 0.3) is 0 Å². The van der Waals surface area contributed by atoms with E-state index in [-0.39, 0.29) is 0 Å². The Morgan fingerprint density at radius 1 is 1.31 bits per heavy atom. The number of benzene rings is 1. The van der Waals surface area contributed by atoms with Crippen molar-refractivity contribution < 1.29 is 4.74 Å². The highest BCUT2D eigenvalue weighted by molar-refractivity contribution is 5.58. The summed E-state index contributed by atoms with van der Waals surface area (Å²) in [6, 6.07) is 5.89. The Morgan fingerprint density at radius 3 is 2.69 bits per heavy atom. The third kappa shape index (κ3) is 1.88. The molecule has 1 aromatic heterocycles. The molecule has 0 radical (unpaired) electrons. The van der Waals surface area contributed by atoms with Crippen LogP contribution in [-0.2, 0) is 0 Å². The van der Waals surface area contributed by atoms with Gasteiger partial charge in [0.05, 0.1) is 7.11 Å². The fourth-order valence-electron chi connectivity index (χ4n) is 1.61. The number of methoxy groups -OCH3 is 1. The Bertz CT molecular complexity index is 465. The van der Waals surface area contributed by atoms with Crippen LogP contribution in [0.4, 0.5) is 0 Å². The van der Waals surface area contributed by atoms with Crippen molar-refractivity contribution in [1.82, 2.24) is 20.6 Å². The molecule has 1 aromatic carbocycles. The number of aromatic nitrogens is 4. The van der Waals surface area contributed by atoms with Crippen LogP contribution in [-0.4, -0.2) is 27.7 Å². The number of aromatic amines is 1. The van der Waals surface area contributed by atoms with Gasteiger partial charge in [0.2, 0.25) is 5.82 Å². The van der Waals surface area contributed by atoms with Crippen molar-refractivity contribution in [3.8, 4) is 17.1 Å². The minimum Gasteiger partial charge on any atom is -0.496 e. The first-order chi connectivity index (χ1) is 7.72. The normalized spacial score (nSPS) is 10.8. The summed E-state index contributed by atoms with van der Waals surface area (Å²) < 4.78 is 5.31. The van der Waals surface area contributed by atoms with E-state index in [1.807, 2.05) is 18.2 Å². The number of ether oxygens (including phenoxy) is 1. The van der Waals surface area contributed by atoms with Crippen LogP contribution in [0.2, 0.25) is 0 Å². The summed E-state index contributed by atoms with van der Waals surface area (Å²) in [4.78, 5) is 0. The molecule has 0 unspecified atom stereocenters. The first-order valence-corrected chi connectivity index (χ1v) is 5.14. The van der Waals surface area contributed by atoms with Gasteiger partial charge in [-0.15, -0.1) is 10.2 Å². The third-order valence-corrected chi connectivity index (χ3v) is 2.46. The Kier molecular flexibility index (Phi) is 2.85. The molecule has 0 spiro atoms. The predicted molar refractivity (Wildman–Crippen MR) is 60.3 cm³/mol. The molecule has 16 heavy (non-hydrogen) atoms. The molecule has 0 amide bonds. The molecule has 0 aliphatic heterocycles. The zero-order chi connectivity index (χ0) is 11.5. The maximum Gasteiger partial charge on any atom is 0.204 e. The summed E-state index contributed by atoms with van der Waals surface area (Å²) in [5.74, 6) is 1.88. The van der Waals surface area contributed by atoms with Gasteiger partial charge in [0.1, 0.15) is 5.75 Å². The van der Waals surface area contributed by atoms with Crippen LogP contribution in [0.1, 0.15) is 25.3 Å². The van der Waals surface area contributed by atoms with Crippen molar-refractivity contribution in [1.29, 1.82) is 0 Å². The summed E-state index contributed by atoms with van der Waals surface area (Å²) in [5, 5.41) is 13.9. The van der Waals surface area contributed by atoms with Crippen LogP contribution in [0.5, 0.6) is 5.75 Å². The summed E-state index contributed by atoms with van der Waals surface area (Å²) in [6.45, 7) is 4.25. The maximum absolute atomic E-state index is 5.31. The molecule has 0 atom stereocenters. The standard InChI is InChI=1S/C11H14N4O/c1-7(2)9-6-8(4-5-10(9)16-3)11-12-14-15-13-11/h4-7H,1-3H3,(H,12,13,14,15). The average Bonchev–Trinajstić information content (AvgIpc) is 2.81. The zero-order valence-corrected chi connectivity index (χ0v) is 9.56. The number of nitrogens with one attached hydrogen (secondary N) is 1. The lowest BCUT2D eigenvalue weighted by atomic mass is 9.99. The van der Waals surface area contributed by atoms with Crippen molar-refractivity contribution in [3.63, 3.8) is 0 Å². The van der Waals surface area contributed by atoms with E-state index < -0.39 is 0 Å². The van der Waals surface area contributed by atoms with Crippen LogP contribution < -0.4 is 4.74 Å². The third-order valence-electron chi connectivity index (χ3n) is 2.46. The summed E-state index contributed by atoms with van der Waals surface area (Å²) in [7, 11) is 1.68. The van der Waals surface area contributed by atoms with Crippen molar-refractivity contribution in [3.05, 3.63) is 23.8 Å². The first-order valence-electron chi connectivity index (χ1n) is 5.14. The Balaban J connectivity index is 2.47. The average molecular weight is 218 g/mol. The van der Waals surface area contributed by atoms with Crippen molar-refractivity contribution in [2.75, 3.05) is 7.11 Å². The van der Waals surface area contributed by atoms with Gasteiger partial charge >= 0.3 is 0 Å². The fraction of sp³-hybridized carbons (Fsp3) is 0.364. The van der Waals surface area contributed by atoms with Crippen LogP contribution in [0.25, 0.3) is 11.4 Å². The Hall–Kier alpha value is -1.91. The van der Waals surface area contributed by atoms with E-state index in [1.165, 1.54) is 0 Å². The van der Waals surface area contributed by atoms with Crippen molar-refractivity contribution >= 4 is 0 Å². The molecule has 1 N–H and O–H groups in total. The molecule has 0 fully saturated rings. The minimum absolute atomic E-state index is 0.391. The second-order valence-electron chi connectivity index (χ2n) is 3.85. The molecule has 84 valence electrons. The van der Waals surface area contributed by atoms with Gasteiger partial charge < -0.3 is 4.74 Å². The maximum atomic E-state index is 5.31. The number of nitrogens with zero attached hydrogens (tertiary/aromatic N) is 3. The lowest BCUT2D eigenvalue weighted by Crippen LogP contribution is -1.95. The van der Waals surface area contributed by atoms with Gasteiger partial charge in [0.15, 0.2) is 0 Å². The molecule has 0 aliphatic carbocycles. The number of H-pyrrole nitrogens is 1. The quantitative estimate of drug-likeness (QED) is 0.855. The van der Waals surface area contributed by atoms with Gasteiger partial charge in [-0.05, 0) is 34.9 Å². The summed E-state index contributed by atoms with van der Waals surface area (Å²) in [6.07, 6.45) is 0. The lowest BCUT2D eigenvalue weighted by Gasteiger charge is -2.12. The van der Waals surface area contributed by atoms with Crippen molar-refractivity contribution in [2.24, 2.45) is 0 Å². The highest BCUT2D eigenvalue weighted by Crippen LogP contribution is 2.29. The van der Waals surface area contributed by atoms with Gasteiger partial charge in [-0.3, -0.25) is 0 Å². The molecule has 0 bridgehead atoms. The van der Waals surface area contributed by atoms with E-state index in [9.17, 15) is 0 Å². The Labute approximate surface area is 93.8 Å². The minimum atomic E-state index is 0.391. The number of tetrazole rings is 1. The highest BCUT2D eigenvalue weighted by Gasteiger charge is 2.11. The molecule has 2 aromatic rings. The Morgan fingerprint density at radius 2 is 2.12 bits per heavy atom. The van der Waals surface area contributed by atoms with Crippen LogP contribution in [0.3, 0.4) is 0 Å². The smallest absolute Gasteiger partial charge is 0.204 e. The topological polar surface area (TPSA) is 63.7 Å². The molecular weight excluding hydrogens is 204 g/mol. The van der Waals surface area contributed by atoms with E-state index in [0.29, 0.717) is 11.7 Å².